The van der Waals surface area contributed by atoms with Crippen molar-refractivity contribution in [1.82, 2.24) is 0 Å². The summed E-state index contributed by atoms with van der Waals surface area (Å²) in [4.78, 5) is 0.997. The van der Waals surface area contributed by atoms with Crippen molar-refractivity contribution in [2.45, 2.75) is 0 Å². The highest BCUT2D eigenvalue weighted by Crippen LogP contribution is 1.80. The van der Waals surface area contributed by atoms with Gasteiger partial charge in [-0.15, -0.1) is 0 Å². The molecule has 1 aliphatic heterocycles. The number of hydrogen-bond donors (Lipinski definition) is 1. The fourth-order valence-electron chi connectivity index (χ4n) is 0.999. The van der Waals surface area contributed by atoms with Crippen LogP contribution >= 0.6 is 0 Å². The van der Waals surface area contributed by atoms with Gasteiger partial charge in [0.1, 0.15) is 16.7 Å². The van der Waals surface area contributed by atoms with Crippen LogP contribution in [0.4, 0.5) is 0 Å². The first-order valence-corrected chi connectivity index (χ1v) is 5.27. The minimum atomic E-state index is -4.05. The topological polar surface area (TPSA) is 61.6 Å². The molecule has 0 bridgehead atoms. The zero-order chi connectivity index (χ0) is 9.03. The SMILES string of the molecule is O=S(=O)([O-])CC[NH+]1C=CC=CC1. The number of hydrogen-bond acceptors (Lipinski definition) is 3. The Morgan fingerprint density at radius 2 is 2.17 bits per heavy atom. The van der Waals surface area contributed by atoms with Gasteiger partial charge < -0.3 is 9.45 Å². The molecule has 1 rings (SSSR count). The number of quaternary nitrogens is 1. The Morgan fingerprint density at radius 3 is 2.67 bits per heavy atom. The van der Waals surface area contributed by atoms with Crippen molar-refractivity contribution in [3.8, 4) is 0 Å². The smallest absolute Gasteiger partial charge is 0.100 e. The van der Waals surface area contributed by atoms with Crippen LogP contribution in [-0.2, 0) is 10.1 Å². The molecular weight excluding hydrogens is 178 g/mol. The van der Waals surface area contributed by atoms with E-state index >= 15 is 0 Å². The second kappa shape index (κ2) is 3.84. The summed E-state index contributed by atoms with van der Waals surface area (Å²) in [6, 6.07) is 0. The second-order valence-electron chi connectivity index (χ2n) is 2.66. The Balaban J connectivity index is 2.34. The molecule has 0 fully saturated rings. The summed E-state index contributed by atoms with van der Waals surface area (Å²) >= 11 is 0. The van der Waals surface area contributed by atoms with E-state index in [9.17, 15) is 13.0 Å². The molecule has 0 spiro atoms. The lowest BCUT2D eigenvalue weighted by atomic mass is 10.3. The number of allylic oxidation sites excluding steroid dienone is 2. The Bertz CT molecular complexity index is 292. The van der Waals surface area contributed by atoms with E-state index in [-0.39, 0.29) is 5.75 Å². The molecule has 0 aromatic carbocycles. The molecule has 1 atom stereocenters. The van der Waals surface area contributed by atoms with Gasteiger partial charge >= 0.3 is 0 Å². The van der Waals surface area contributed by atoms with Crippen molar-refractivity contribution >= 4 is 10.1 Å². The third-order valence-electron chi connectivity index (χ3n) is 1.63. The van der Waals surface area contributed by atoms with E-state index in [1.54, 1.807) is 0 Å². The van der Waals surface area contributed by atoms with E-state index in [1.807, 2.05) is 24.4 Å². The van der Waals surface area contributed by atoms with E-state index < -0.39 is 10.1 Å². The molecule has 0 aromatic rings. The zero-order valence-electron chi connectivity index (χ0n) is 6.56. The lowest BCUT2D eigenvalue weighted by Gasteiger charge is -2.15. The maximum Gasteiger partial charge on any atom is 0.100 e. The highest BCUT2D eigenvalue weighted by molar-refractivity contribution is 7.85. The summed E-state index contributed by atoms with van der Waals surface area (Å²) in [5.41, 5.74) is 0. The molecule has 1 aliphatic rings. The van der Waals surface area contributed by atoms with Gasteiger partial charge in [0.05, 0.1) is 18.5 Å². The van der Waals surface area contributed by atoms with Crippen molar-refractivity contribution in [3.63, 3.8) is 0 Å². The second-order valence-corrected chi connectivity index (χ2v) is 4.19. The van der Waals surface area contributed by atoms with Crippen LogP contribution in [0.15, 0.2) is 24.4 Å². The molecule has 5 heteroatoms. The molecule has 0 amide bonds. The highest BCUT2D eigenvalue weighted by atomic mass is 32.2. The maximum absolute atomic E-state index is 10.3. The van der Waals surface area contributed by atoms with Gasteiger partial charge in [0, 0.05) is 0 Å². The average molecular weight is 189 g/mol. The van der Waals surface area contributed by atoms with E-state index in [1.165, 1.54) is 0 Å². The molecule has 4 nitrogen and oxygen atoms in total. The zero-order valence-corrected chi connectivity index (χ0v) is 7.38. The van der Waals surface area contributed by atoms with Gasteiger partial charge in [0.15, 0.2) is 0 Å². The predicted molar refractivity (Wildman–Crippen MR) is 43.5 cm³/mol. The minimum absolute atomic E-state index is 0.291. The summed E-state index contributed by atoms with van der Waals surface area (Å²) in [5.74, 6) is -0.291. The molecule has 68 valence electrons. The van der Waals surface area contributed by atoms with Gasteiger partial charge in [-0.2, -0.15) is 0 Å². The van der Waals surface area contributed by atoms with Crippen LogP contribution in [0.5, 0.6) is 0 Å². The summed E-state index contributed by atoms with van der Waals surface area (Å²) in [5, 5.41) is 0. The summed E-state index contributed by atoms with van der Waals surface area (Å²) in [6.45, 7) is 1.11. The van der Waals surface area contributed by atoms with Crippen LogP contribution in [0.1, 0.15) is 0 Å². The van der Waals surface area contributed by atoms with E-state index in [0.717, 1.165) is 11.4 Å². The molecular formula is C7H11NO3S. The monoisotopic (exact) mass is 189 g/mol. The third-order valence-corrected chi connectivity index (χ3v) is 2.34. The minimum Gasteiger partial charge on any atom is -0.748 e. The molecule has 0 saturated carbocycles. The molecule has 0 aliphatic carbocycles. The van der Waals surface area contributed by atoms with Crippen molar-refractivity contribution < 1.29 is 17.9 Å². The van der Waals surface area contributed by atoms with Crippen LogP contribution in [-0.4, -0.2) is 31.8 Å². The molecule has 1 heterocycles. The Morgan fingerprint density at radius 1 is 1.42 bits per heavy atom. The van der Waals surface area contributed by atoms with E-state index in [2.05, 4.69) is 0 Å². The number of rotatable bonds is 3. The van der Waals surface area contributed by atoms with Crippen molar-refractivity contribution in [2.24, 2.45) is 0 Å². The first-order chi connectivity index (χ1) is 5.58. The van der Waals surface area contributed by atoms with Gasteiger partial charge in [-0.1, -0.05) is 6.08 Å². The van der Waals surface area contributed by atoms with Crippen molar-refractivity contribution in [2.75, 3.05) is 18.8 Å². The van der Waals surface area contributed by atoms with Crippen molar-refractivity contribution in [1.29, 1.82) is 0 Å². The molecule has 0 radical (unpaired) electrons. The lowest BCUT2D eigenvalue weighted by Crippen LogP contribution is -3.08. The van der Waals surface area contributed by atoms with Crippen LogP contribution < -0.4 is 4.90 Å². The quantitative estimate of drug-likeness (QED) is 0.550. The lowest BCUT2D eigenvalue weighted by molar-refractivity contribution is -0.838. The van der Waals surface area contributed by atoms with Crippen molar-refractivity contribution in [3.05, 3.63) is 24.4 Å². The normalized spacial score (nSPS) is 22.9. The van der Waals surface area contributed by atoms with Gasteiger partial charge in [-0.3, -0.25) is 0 Å². The van der Waals surface area contributed by atoms with Crippen LogP contribution in [0.25, 0.3) is 0 Å². The van der Waals surface area contributed by atoms with Gasteiger partial charge in [-0.25, -0.2) is 8.42 Å². The fraction of sp³-hybridized carbons (Fsp3) is 0.429. The van der Waals surface area contributed by atoms with Crippen LogP contribution in [0.2, 0.25) is 0 Å². The van der Waals surface area contributed by atoms with E-state index in [0.29, 0.717) is 6.54 Å². The molecule has 1 N–H and O–H groups in total. The fourth-order valence-corrected chi connectivity index (χ4v) is 1.51. The third kappa shape index (κ3) is 3.66. The highest BCUT2D eigenvalue weighted by Gasteiger charge is 2.06. The Kier molecular flexibility index (Phi) is 3.02. The average Bonchev–Trinajstić information content (AvgIpc) is 2.02. The molecule has 12 heavy (non-hydrogen) atoms. The largest absolute Gasteiger partial charge is 0.748 e. The van der Waals surface area contributed by atoms with E-state index in [4.69, 9.17) is 0 Å². The van der Waals surface area contributed by atoms with Gasteiger partial charge in [-0.05, 0) is 12.2 Å². The maximum atomic E-state index is 10.3. The Labute approximate surface area is 71.9 Å². The summed E-state index contributed by atoms with van der Waals surface area (Å²) < 4.78 is 30.8. The predicted octanol–water partition coefficient (Wildman–Crippen LogP) is -1.50. The molecule has 1 unspecified atom stereocenters. The molecule has 0 aromatic heterocycles. The van der Waals surface area contributed by atoms with Gasteiger partial charge in [0.25, 0.3) is 0 Å². The summed E-state index contributed by atoms with van der Waals surface area (Å²) in [6.07, 6.45) is 7.53. The van der Waals surface area contributed by atoms with Crippen LogP contribution in [0.3, 0.4) is 0 Å². The first-order valence-electron chi connectivity index (χ1n) is 3.69. The van der Waals surface area contributed by atoms with Crippen LogP contribution in [0, 0.1) is 0 Å². The number of nitrogens with one attached hydrogen (secondary N) is 1. The first kappa shape index (κ1) is 9.44. The van der Waals surface area contributed by atoms with Gasteiger partial charge in [0.2, 0.25) is 0 Å². The summed E-state index contributed by atoms with van der Waals surface area (Å²) in [7, 11) is -4.05. The molecule has 0 saturated heterocycles. The Hall–Kier alpha value is -0.650. The standard InChI is InChI=1S/C7H11NO3S/c9-12(10,11)7-6-8-4-2-1-3-5-8/h1-4H,5-7H2,(H,9,10,11).